The molecule has 0 aliphatic heterocycles. The van der Waals surface area contributed by atoms with Crippen molar-refractivity contribution in [3.05, 3.63) is 5.53 Å². The second kappa shape index (κ2) is 5.11. The normalized spacial score (nSPS) is 13.2. The van der Waals surface area contributed by atoms with Crippen LogP contribution in [0.3, 0.4) is 0 Å². The first-order valence-corrected chi connectivity index (χ1v) is 4.76. The van der Waals surface area contributed by atoms with Gasteiger partial charge in [0.1, 0.15) is 0 Å². The summed E-state index contributed by atoms with van der Waals surface area (Å²) in [6.07, 6.45) is -1.20. The van der Waals surface area contributed by atoms with Crippen LogP contribution in [-0.4, -0.2) is 36.1 Å². The van der Waals surface area contributed by atoms with E-state index in [2.05, 4.69) is 18.4 Å². The van der Waals surface area contributed by atoms with Gasteiger partial charge in [0.05, 0.1) is 0 Å². The molecule has 1 N–H and O–H groups in total. The first-order chi connectivity index (χ1) is 5.99. The summed E-state index contributed by atoms with van der Waals surface area (Å²) < 4.78 is 24.5. The molecule has 0 amide bonds. The van der Waals surface area contributed by atoms with Gasteiger partial charge in [0.15, 0.2) is 6.10 Å². The van der Waals surface area contributed by atoms with Crippen LogP contribution < -0.4 is 0 Å². The van der Waals surface area contributed by atoms with Crippen molar-refractivity contribution in [2.24, 2.45) is 0 Å². The molecule has 0 rings (SSSR count). The van der Waals surface area contributed by atoms with Gasteiger partial charge in [-0.05, 0) is 6.92 Å². The molecule has 1 unspecified atom stereocenters. The van der Waals surface area contributed by atoms with E-state index in [-0.39, 0.29) is 0 Å². The van der Waals surface area contributed by atoms with Gasteiger partial charge in [-0.3, -0.25) is 9.05 Å². The molecule has 0 aliphatic rings. The molecule has 0 aromatic heterocycles. The van der Waals surface area contributed by atoms with Crippen LogP contribution in [0.5, 0.6) is 0 Å². The highest BCUT2D eigenvalue weighted by atomic mass is 31.2. The predicted molar refractivity (Wildman–Crippen MR) is 43.0 cm³/mol. The van der Waals surface area contributed by atoms with Crippen molar-refractivity contribution in [1.29, 1.82) is 0 Å². The second-order valence-electron chi connectivity index (χ2n) is 2.02. The van der Waals surface area contributed by atoms with Crippen molar-refractivity contribution in [3.63, 3.8) is 0 Å². The van der Waals surface area contributed by atoms with E-state index in [1.165, 1.54) is 6.92 Å². The van der Waals surface area contributed by atoms with Gasteiger partial charge in [-0.25, -0.2) is 4.57 Å². The zero-order valence-electron chi connectivity index (χ0n) is 7.50. The third-order valence-corrected chi connectivity index (χ3v) is 2.41. The smallest absolute Gasteiger partial charge is 0.378 e. The fraction of sp³-hybridized carbons (Fsp3) is 0.800. The van der Waals surface area contributed by atoms with Crippen LogP contribution in [0.25, 0.3) is 5.53 Å². The molecular weight excluding hydrogens is 199 g/mol. The summed E-state index contributed by atoms with van der Waals surface area (Å²) in [5.41, 5.74) is 8.32. The van der Waals surface area contributed by atoms with Crippen LogP contribution in [0.2, 0.25) is 0 Å². The van der Waals surface area contributed by atoms with Crippen LogP contribution in [-0.2, 0) is 18.1 Å². The van der Waals surface area contributed by atoms with Gasteiger partial charge in [-0.2, -0.15) is 0 Å². The lowest BCUT2D eigenvalue weighted by Crippen LogP contribution is -2.20. The van der Waals surface area contributed by atoms with Gasteiger partial charge in [0.2, 0.25) is 0 Å². The lowest BCUT2D eigenvalue weighted by Gasteiger charge is -2.11. The van der Waals surface area contributed by atoms with Crippen LogP contribution >= 0.6 is 7.82 Å². The molecule has 0 saturated carbocycles. The average Bonchev–Trinajstić information content (AvgIpc) is 2.13. The molecule has 0 saturated heterocycles. The molecule has 1 atom stereocenters. The van der Waals surface area contributed by atoms with E-state index in [1.807, 2.05) is 0 Å². The number of nitrogens with zero attached hydrogens (tertiary/aromatic N) is 2. The van der Waals surface area contributed by atoms with Crippen molar-refractivity contribution in [2.45, 2.75) is 13.0 Å². The second-order valence-corrected chi connectivity index (χ2v) is 3.83. The Bertz CT molecular complexity index is 252. The van der Waals surface area contributed by atoms with Gasteiger partial charge in [0.25, 0.3) is 0 Å². The highest BCUT2D eigenvalue weighted by molar-refractivity contribution is 7.49. The Morgan fingerprint density at radius 2 is 2.00 bits per heavy atom. The minimum absolute atomic E-state index is 0.535. The van der Waals surface area contributed by atoms with Crippen molar-refractivity contribution in [3.8, 4) is 0 Å². The zero-order valence-corrected chi connectivity index (χ0v) is 8.39. The van der Waals surface area contributed by atoms with E-state index < -0.39 is 19.8 Å². The predicted octanol–water partition coefficient (Wildman–Crippen LogP) is 0.413. The van der Waals surface area contributed by atoms with Gasteiger partial charge in [-0.1, -0.05) is 0 Å². The highest BCUT2D eigenvalue weighted by Gasteiger charge is 2.33. The SMILES string of the molecule is COP(=O)(OC)OC(=[N+]=[N-])C(C)O. The molecule has 0 fully saturated rings. The van der Waals surface area contributed by atoms with Crippen molar-refractivity contribution in [2.75, 3.05) is 14.2 Å². The Morgan fingerprint density at radius 3 is 2.23 bits per heavy atom. The molecule has 76 valence electrons. The maximum atomic E-state index is 11.3. The number of phosphoric ester groups is 1. The molecule has 0 aliphatic carbocycles. The number of hydrogen-bond acceptors (Lipinski definition) is 5. The van der Waals surface area contributed by atoms with Crippen LogP contribution in [0.4, 0.5) is 0 Å². The van der Waals surface area contributed by atoms with E-state index in [0.29, 0.717) is 0 Å². The molecule has 13 heavy (non-hydrogen) atoms. The maximum absolute atomic E-state index is 11.3. The van der Waals surface area contributed by atoms with E-state index in [4.69, 9.17) is 10.6 Å². The quantitative estimate of drug-likeness (QED) is 0.238. The van der Waals surface area contributed by atoms with E-state index in [1.54, 1.807) is 0 Å². The minimum atomic E-state index is -3.76. The zero-order chi connectivity index (χ0) is 10.5. The summed E-state index contributed by atoms with van der Waals surface area (Å²) in [4.78, 5) is 2.58. The monoisotopic (exact) mass is 210 g/mol. The van der Waals surface area contributed by atoms with E-state index in [9.17, 15) is 4.57 Å². The molecule has 7 nitrogen and oxygen atoms in total. The summed E-state index contributed by atoms with van der Waals surface area (Å²) in [5, 5.41) is 8.92. The van der Waals surface area contributed by atoms with Gasteiger partial charge >= 0.3 is 13.7 Å². The largest absolute Gasteiger partial charge is 0.534 e. The summed E-state index contributed by atoms with van der Waals surface area (Å²) in [7, 11) is -1.56. The summed E-state index contributed by atoms with van der Waals surface area (Å²) in [5.74, 6) is -0.535. The highest BCUT2D eigenvalue weighted by Crippen LogP contribution is 2.47. The maximum Gasteiger partial charge on any atom is 0.534 e. The molecule has 0 aromatic carbocycles. The minimum Gasteiger partial charge on any atom is -0.378 e. The Labute approximate surface area is 75.5 Å². The van der Waals surface area contributed by atoms with Crippen molar-refractivity contribution in [1.82, 2.24) is 0 Å². The number of hydrogen-bond donors (Lipinski definition) is 1. The number of rotatable bonds is 4. The van der Waals surface area contributed by atoms with Crippen LogP contribution in [0, 0.1) is 0 Å². The lowest BCUT2D eigenvalue weighted by molar-refractivity contribution is -0.0476. The number of aliphatic hydroxyl groups is 1. The first kappa shape index (κ1) is 12.3. The van der Waals surface area contributed by atoms with Gasteiger partial charge in [-0.15, -0.1) is 4.79 Å². The fourth-order valence-electron chi connectivity index (χ4n) is 0.442. The molecule has 0 spiro atoms. The third-order valence-electron chi connectivity index (χ3n) is 1.11. The summed E-state index contributed by atoms with van der Waals surface area (Å²) in [6.45, 7) is 1.27. The molecule has 0 radical (unpaired) electrons. The Balaban J connectivity index is 4.58. The first-order valence-electron chi connectivity index (χ1n) is 3.30. The number of aliphatic hydroxyl groups excluding tert-OH is 1. The lowest BCUT2D eigenvalue weighted by atomic mass is 10.4. The van der Waals surface area contributed by atoms with Crippen LogP contribution in [0.15, 0.2) is 0 Å². The van der Waals surface area contributed by atoms with E-state index in [0.717, 1.165) is 14.2 Å². The molecule has 0 bridgehead atoms. The summed E-state index contributed by atoms with van der Waals surface area (Å²) >= 11 is 0. The summed E-state index contributed by atoms with van der Waals surface area (Å²) in [6, 6.07) is 0. The van der Waals surface area contributed by atoms with Crippen LogP contribution in [0.1, 0.15) is 6.92 Å². The van der Waals surface area contributed by atoms with E-state index >= 15 is 0 Å². The topological polar surface area (TPSA) is 101 Å². The Kier molecular flexibility index (Phi) is 4.83. The number of phosphoric acid groups is 1. The fourth-order valence-corrected chi connectivity index (χ4v) is 1.16. The van der Waals surface area contributed by atoms with Crippen molar-refractivity contribution >= 4 is 13.7 Å². The molecule has 8 heteroatoms. The molecular formula is C5H11N2O5P. The van der Waals surface area contributed by atoms with Gasteiger partial charge in [0, 0.05) is 14.2 Å². The third kappa shape index (κ3) is 3.67. The van der Waals surface area contributed by atoms with Crippen molar-refractivity contribution < 1.29 is 28.0 Å². The Hall–Kier alpha value is -0.710. The molecule has 0 aromatic rings. The Morgan fingerprint density at radius 1 is 1.54 bits per heavy atom. The standard InChI is InChI=1S/C5H11N2O5P/c1-4(8)5(7-6)12-13(9,10-2)11-3/h4,8H,1-3H3. The van der Waals surface area contributed by atoms with Gasteiger partial charge < -0.3 is 15.2 Å². The average molecular weight is 210 g/mol. The molecule has 0 heterocycles.